The molecule has 1 aromatic carbocycles. The van der Waals surface area contributed by atoms with Crippen molar-refractivity contribution in [3.8, 4) is 11.3 Å². The first-order valence-electron chi connectivity index (χ1n) is 8.94. The maximum atomic E-state index is 11.0. The van der Waals surface area contributed by atoms with Crippen molar-refractivity contribution in [3.05, 3.63) is 83.9 Å². The summed E-state index contributed by atoms with van der Waals surface area (Å²) < 4.78 is 5.86. The molecule has 0 bridgehead atoms. The van der Waals surface area contributed by atoms with Crippen LogP contribution >= 0.6 is 0 Å². The minimum atomic E-state index is -0.565. The summed E-state index contributed by atoms with van der Waals surface area (Å²) in [4.78, 5) is 15.4. The van der Waals surface area contributed by atoms with E-state index in [2.05, 4.69) is 35.4 Å². The van der Waals surface area contributed by atoms with Gasteiger partial charge in [-0.15, -0.1) is 0 Å². The highest BCUT2D eigenvalue weighted by Gasteiger charge is 2.07. The molecule has 0 saturated carbocycles. The second kappa shape index (κ2) is 9.50. The van der Waals surface area contributed by atoms with Crippen LogP contribution in [0.5, 0.6) is 0 Å². The van der Waals surface area contributed by atoms with Crippen LogP contribution in [0.2, 0.25) is 0 Å². The molecular formula is C22H22N2O3. The predicted octanol–water partition coefficient (Wildman–Crippen LogP) is 4.63. The van der Waals surface area contributed by atoms with E-state index in [1.807, 2.05) is 24.3 Å². The number of hydroxylamine groups is 1. The molecule has 27 heavy (non-hydrogen) atoms. The van der Waals surface area contributed by atoms with Crippen molar-refractivity contribution >= 4 is 12.0 Å². The topological polar surface area (TPSA) is 75.4 Å². The lowest BCUT2D eigenvalue weighted by Gasteiger charge is -2.00. The molecule has 0 fully saturated rings. The summed E-state index contributed by atoms with van der Waals surface area (Å²) >= 11 is 0. The van der Waals surface area contributed by atoms with Crippen LogP contribution in [0.3, 0.4) is 0 Å². The summed E-state index contributed by atoms with van der Waals surface area (Å²) in [6, 6.07) is 7.57. The van der Waals surface area contributed by atoms with Crippen LogP contribution in [0, 0.1) is 0 Å². The average Bonchev–Trinajstić information content (AvgIpc) is 3.02. The summed E-state index contributed by atoms with van der Waals surface area (Å²) in [5.74, 6) is 0.904. The molecule has 5 heteroatoms. The summed E-state index contributed by atoms with van der Waals surface area (Å²) in [6.45, 7) is 0. The van der Waals surface area contributed by atoms with E-state index in [1.54, 1.807) is 17.8 Å². The molecule has 1 aliphatic carbocycles. The van der Waals surface area contributed by atoms with E-state index in [0.29, 0.717) is 0 Å². The number of amides is 1. The first-order valence-corrected chi connectivity index (χ1v) is 8.94. The summed E-state index contributed by atoms with van der Waals surface area (Å²) in [5.41, 5.74) is 4.69. The Morgan fingerprint density at radius 2 is 2.07 bits per heavy atom. The Morgan fingerprint density at radius 3 is 2.89 bits per heavy atom. The van der Waals surface area contributed by atoms with Gasteiger partial charge in [-0.1, -0.05) is 60.2 Å². The Labute approximate surface area is 158 Å². The van der Waals surface area contributed by atoms with Crippen LogP contribution < -0.4 is 5.48 Å². The van der Waals surface area contributed by atoms with Crippen LogP contribution in [0.1, 0.15) is 30.7 Å². The molecule has 1 amide bonds. The van der Waals surface area contributed by atoms with Gasteiger partial charge >= 0.3 is 0 Å². The zero-order valence-electron chi connectivity index (χ0n) is 15.0. The number of carbonyl (C=O) groups excluding carboxylic acids is 1. The molecule has 0 unspecified atom stereocenters. The number of hydrogen-bond acceptors (Lipinski definition) is 4. The molecule has 0 radical (unpaired) electrons. The third kappa shape index (κ3) is 5.66. The van der Waals surface area contributed by atoms with E-state index in [9.17, 15) is 4.79 Å². The van der Waals surface area contributed by atoms with E-state index in [1.165, 1.54) is 11.6 Å². The van der Waals surface area contributed by atoms with Crippen LogP contribution in [0.4, 0.5) is 0 Å². The van der Waals surface area contributed by atoms with Gasteiger partial charge in [0, 0.05) is 18.1 Å². The Kier molecular flexibility index (Phi) is 6.55. The van der Waals surface area contributed by atoms with Crippen molar-refractivity contribution in [1.29, 1.82) is 0 Å². The molecule has 1 heterocycles. The summed E-state index contributed by atoms with van der Waals surface area (Å²) in [6.07, 6.45) is 19.1. The highest BCUT2D eigenvalue weighted by molar-refractivity contribution is 5.90. The lowest BCUT2D eigenvalue weighted by molar-refractivity contribution is -0.124. The largest absolute Gasteiger partial charge is 0.441 e. The number of carbonyl (C=O) groups is 1. The van der Waals surface area contributed by atoms with Gasteiger partial charge in [0.1, 0.15) is 0 Å². The van der Waals surface area contributed by atoms with Crippen molar-refractivity contribution in [2.75, 3.05) is 0 Å². The fraction of sp³-hybridized carbons (Fsp3) is 0.182. The quantitative estimate of drug-likeness (QED) is 0.428. The number of benzene rings is 1. The maximum Gasteiger partial charge on any atom is 0.267 e. The van der Waals surface area contributed by atoms with E-state index in [4.69, 9.17) is 9.62 Å². The first kappa shape index (κ1) is 18.6. The minimum Gasteiger partial charge on any atom is -0.441 e. The van der Waals surface area contributed by atoms with E-state index >= 15 is 0 Å². The van der Waals surface area contributed by atoms with Gasteiger partial charge in [-0.05, 0) is 30.9 Å². The third-order valence-electron chi connectivity index (χ3n) is 4.22. The number of aromatic nitrogens is 1. The molecule has 2 N–H and O–H groups in total. The van der Waals surface area contributed by atoms with Crippen molar-refractivity contribution < 1.29 is 14.4 Å². The Balaban J connectivity index is 1.55. The van der Waals surface area contributed by atoms with E-state index < -0.39 is 5.91 Å². The van der Waals surface area contributed by atoms with Crippen molar-refractivity contribution in [1.82, 2.24) is 10.5 Å². The van der Waals surface area contributed by atoms with Crippen molar-refractivity contribution in [2.45, 2.75) is 25.7 Å². The number of nitrogens with zero attached hydrogens (tertiary/aromatic N) is 1. The second-order valence-electron chi connectivity index (χ2n) is 6.21. The predicted molar refractivity (Wildman–Crippen MR) is 105 cm³/mol. The van der Waals surface area contributed by atoms with Crippen molar-refractivity contribution in [2.24, 2.45) is 0 Å². The second-order valence-corrected chi connectivity index (χ2v) is 6.21. The first-order chi connectivity index (χ1) is 13.2. The van der Waals surface area contributed by atoms with E-state index in [0.717, 1.165) is 48.5 Å². The Bertz CT molecular complexity index is 887. The summed E-state index contributed by atoms with van der Waals surface area (Å²) in [5, 5.41) is 8.48. The highest BCUT2D eigenvalue weighted by Crippen LogP contribution is 2.22. The van der Waals surface area contributed by atoms with Gasteiger partial charge in [0.25, 0.3) is 5.91 Å². The lowest BCUT2D eigenvalue weighted by atomic mass is 10.1. The molecule has 0 aliphatic heterocycles. The average molecular weight is 362 g/mol. The van der Waals surface area contributed by atoms with Crippen LogP contribution in [-0.4, -0.2) is 16.1 Å². The van der Waals surface area contributed by atoms with Crippen molar-refractivity contribution in [3.63, 3.8) is 0 Å². The number of rotatable bonds is 7. The minimum absolute atomic E-state index is 0.565. The van der Waals surface area contributed by atoms with Gasteiger partial charge in [0.15, 0.2) is 11.7 Å². The smallest absolute Gasteiger partial charge is 0.267 e. The lowest BCUT2D eigenvalue weighted by Crippen LogP contribution is -2.14. The molecule has 0 saturated heterocycles. The number of allylic oxidation sites excluding steroid dienone is 6. The molecule has 0 atom stereocenters. The third-order valence-corrected chi connectivity index (χ3v) is 4.22. The van der Waals surface area contributed by atoms with Gasteiger partial charge < -0.3 is 4.42 Å². The van der Waals surface area contributed by atoms with Gasteiger partial charge in [0.05, 0.1) is 6.20 Å². The monoisotopic (exact) mass is 362 g/mol. The van der Waals surface area contributed by atoms with Gasteiger partial charge in [-0.3, -0.25) is 10.0 Å². The normalized spacial score (nSPS) is 13.6. The fourth-order valence-corrected chi connectivity index (χ4v) is 2.78. The Hall–Kier alpha value is -3.18. The fourth-order valence-electron chi connectivity index (χ4n) is 2.78. The van der Waals surface area contributed by atoms with Gasteiger partial charge in [-0.25, -0.2) is 10.5 Å². The summed E-state index contributed by atoms with van der Waals surface area (Å²) in [7, 11) is 0. The molecule has 5 nitrogen and oxygen atoms in total. The molecular weight excluding hydrogens is 340 g/mol. The molecule has 1 aliphatic rings. The zero-order chi connectivity index (χ0) is 18.9. The standard InChI is InChI=1S/C22H22N2O3/c25-21(24-26)15-12-18-10-13-19(14-11-18)20-16-23-22(27-20)9-5-8-17-6-3-1-2-4-7-17/h1-3,6-7,10-16,26H,4-5,8-9H2,(H,24,25)/b15-12+. The number of oxazole rings is 1. The molecule has 2 aromatic rings. The van der Waals surface area contributed by atoms with Gasteiger partial charge in [-0.2, -0.15) is 0 Å². The zero-order valence-corrected chi connectivity index (χ0v) is 15.0. The molecule has 1 aromatic heterocycles. The van der Waals surface area contributed by atoms with Crippen LogP contribution in [0.25, 0.3) is 17.4 Å². The molecule has 138 valence electrons. The van der Waals surface area contributed by atoms with Crippen LogP contribution in [0.15, 0.2) is 76.9 Å². The van der Waals surface area contributed by atoms with Gasteiger partial charge in [0.2, 0.25) is 0 Å². The van der Waals surface area contributed by atoms with E-state index in [-0.39, 0.29) is 0 Å². The molecule has 0 spiro atoms. The van der Waals surface area contributed by atoms with Crippen LogP contribution in [-0.2, 0) is 11.2 Å². The maximum absolute atomic E-state index is 11.0. The molecule has 3 rings (SSSR count). The highest BCUT2D eigenvalue weighted by atomic mass is 16.5. The number of nitrogens with one attached hydrogen (secondary N) is 1. The Morgan fingerprint density at radius 1 is 1.22 bits per heavy atom. The SMILES string of the molecule is O=C(/C=C/c1ccc(-c2cnc(CCCC3=CCC=CC=C3)o2)cc1)NO. The number of aryl methyl sites for hydroxylation is 1. The number of hydrogen-bond donors (Lipinski definition) is 2.